The second-order valence-corrected chi connectivity index (χ2v) is 4.43. The summed E-state index contributed by atoms with van der Waals surface area (Å²) in [5.74, 6) is -0.992. The van der Waals surface area contributed by atoms with Gasteiger partial charge in [-0.2, -0.15) is 18.2 Å². The van der Waals surface area contributed by atoms with E-state index in [4.69, 9.17) is 5.73 Å². The van der Waals surface area contributed by atoms with Crippen LogP contribution in [0.2, 0.25) is 0 Å². The van der Waals surface area contributed by atoms with Crippen molar-refractivity contribution in [2.45, 2.75) is 37.9 Å². The first-order chi connectivity index (χ1) is 7.31. The van der Waals surface area contributed by atoms with Gasteiger partial charge in [-0.15, -0.1) is 0 Å². The fourth-order valence-electron chi connectivity index (χ4n) is 2.07. The van der Waals surface area contributed by atoms with Crippen molar-refractivity contribution < 1.29 is 17.7 Å². The van der Waals surface area contributed by atoms with Gasteiger partial charge in [-0.3, -0.25) is 0 Å². The third-order valence-corrected chi connectivity index (χ3v) is 2.91. The largest absolute Gasteiger partial charge is 0.471 e. The Hall–Kier alpha value is -1.11. The van der Waals surface area contributed by atoms with Crippen LogP contribution in [0, 0.1) is 5.92 Å². The van der Waals surface area contributed by atoms with Crippen LogP contribution in [0.4, 0.5) is 13.2 Å². The molecule has 1 saturated carbocycles. The van der Waals surface area contributed by atoms with Crippen LogP contribution >= 0.6 is 0 Å². The first-order valence-electron chi connectivity index (χ1n) is 5.01. The standard InChI is InChI=1S/C9H12F3N3O/c1-5-2-3-8(13,4-5)6-14-7(16-15-6)9(10,11)12/h5H,2-4,13H2,1H3. The lowest BCUT2D eigenvalue weighted by Gasteiger charge is -2.18. The molecule has 7 heteroatoms. The van der Waals surface area contributed by atoms with Gasteiger partial charge in [-0.05, 0) is 25.2 Å². The van der Waals surface area contributed by atoms with Gasteiger partial charge in [-0.1, -0.05) is 12.1 Å². The van der Waals surface area contributed by atoms with Crippen molar-refractivity contribution in [3.8, 4) is 0 Å². The number of rotatable bonds is 1. The van der Waals surface area contributed by atoms with E-state index in [9.17, 15) is 13.2 Å². The molecule has 2 N–H and O–H groups in total. The van der Waals surface area contributed by atoms with Crippen LogP contribution < -0.4 is 5.73 Å². The third kappa shape index (κ3) is 1.91. The maximum absolute atomic E-state index is 12.3. The summed E-state index contributed by atoms with van der Waals surface area (Å²) in [5, 5.41) is 3.34. The quantitative estimate of drug-likeness (QED) is 0.809. The molecule has 0 amide bonds. The summed E-state index contributed by atoms with van der Waals surface area (Å²) < 4.78 is 40.9. The van der Waals surface area contributed by atoms with E-state index in [2.05, 4.69) is 14.7 Å². The van der Waals surface area contributed by atoms with Gasteiger partial charge in [0, 0.05) is 0 Å². The minimum Gasteiger partial charge on any atom is -0.329 e. The molecule has 0 radical (unpaired) electrons. The topological polar surface area (TPSA) is 64.9 Å². The molecule has 2 rings (SSSR count). The highest BCUT2D eigenvalue weighted by atomic mass is 19.4. The van der Waals surface area contributed by atoms with E-state index in [1.807, 2.05) is 6.92 Å². The summed E-state index contributed by atoms with van der Waals surface area (Å²) in [6.07, 6.45) is -2.56. The molecule has 1 aliphatic rings. The summed E-state index contributed by atoms with van der Waals surface area (Å²) in [5.41, 5.74) is 5.11. The van der Waals surface area contributed by atoms with Crippen molar-refractivity contribution in [2.24, 2.45) is 11.7 Å². The molecule has 0 saturated heterocycles. The van der Waals surface area contributed by atoms with Gasteiger partial charge in [0.25, 0.3) is 0 Å². The van der Waals surface area contributed by atoms with Gasteiger partial charge in [0.15, 0.2) is 5.82 Å². The monoisotopic (exact) mass is 235 g/mol. The van der Waals surface area contributed by atoms with E-state index in [1.54, 1.807) is 0 Å². The molecule has 0 aliphatic heterocycles. The van der Waals surface area contributed by atoms with Crippen LogP contribution in [0.1, 0.15) is 37.9 Å². The number of hydrogen-bond donors (Lipinski definition) is 1. The summed E-state index contributed by atoms with van der Waals surface area (Å²) >= 11 is 0. The highest BCUT2D eigenvalue weighted by molar-refractivity contribution is 5.08. The van der Waals surface area contributed by atoms with Crippen molar-refractivity contribution in [1.82, 2.24) is 10.1 Å². The van der Waals surface area contributed by atoms with E-state index in [1.165, 1.54) is 0 Å². The zero-order valence-electron chi connectivity index (χ0n) is 8.71. The lowest BCUT2D eigenvalue weighted by Crippen LogP contribution is -2.35. The zero-order valence-corrected chi connectivity index (χ0v) is 8.71. The third-order valence-electron chi connectivity index (χ3n) is 2.91. The van der Waals surface area contributed by atoms with Gasteiger partial charge in [0.05, 0.1) is 5.54 Å². The molecule has 1 aromatic heterocycles. The van der Waals surface area contributed by atoms with Gasteiger partial charge >= 0.3 is 12.1 Å². The molecule has 0 spiro atoms. The van der Waals surface area contributed by atoms with Gasteiger partial charge in [0.2, 0.25) is 0 Å². The van der Waals surface area contributed by atoms with Crippen molar-refractivity contribution in [3.63, 3.8) is 0 Å². The summed E-state index contributed by atoms with van der Waals surface area (Å²) in [6, 6.07) is 0. The summed E-state index contributed by atoms with van der Waals surface area (Å²) in [7, 11) is 0. The van der Waals surface area contributed by atoms with Crippen molar-refractivity contribution in [3.05, 3.63) is 11.7 Å². The number of aromatic nitrogens is 2. The summed E-state index contributed by atoms with van der Waals surface area (Å²) in [6.45, 7) is 2.00. The Morgan fingerprint density at radius 2 is 2.19 bits per heavy atom. The Balaban J connectivity index is 2.25. The lowest BCUT2D eigenvalue weighted by atomic mass is 9.97. The van der Waals surface area contributed by atoms with Crippen LogP contribution in [0.15, 0.2) is 4.52 Å². The Labute approximate surface area is 90.0 Å². The molecular weight excluding hydrogens is 223 g/mol. The highest BCUT2D eigenvalue weighted by Gasteiger charge is 2.43. The molecule has 90 valence electrons. The fourth-order valence-corrected chi connectivity index (χ4v) is 2.07. The average Bonchev–Trinajstić information content (AvgIpc) is 2.71. The van der Waals surface area contributed by atoms with Crippen LogP contribution in [0.3, 0.4) is 0 Å². The van der Waals surface area contributed by atoms with E-state index < -0.39 is 17.6 Å². The Kier molecular flexibility index (Phi) is 2.45. The maximum atomic E-state index is 12.3. The van der Waals surface area contributed by atoms with Crippen LogP contribution in [-0.4, -0.2) is 10.1 Å². The number of alkyl halides is 3. The molecular formula is C9H12F3N3O. The first-order valence-corrected chi connectivity index (χ1v) is 5.01. The molecule has 1 fully saturated rings. The molecule has 1 aliphatic carbocycles. The van der Waals surface area contributed by atoms with E-state index in [0.29, 0.717) is 18.8 Å². The van der Waals surface area contributed by atoms with Crippen molar-refractivity contribution >= 4 is 0 Å². The van der Waals surface area contributed by atoms with E-state index in [0.717, 1.165) is 6.42 Å². The lowest BCUT2D eigenvalue weighted by molar-refractivity contribution is -0.159. The van der Waals surface area contributed by atoms with E-state index >= 15 is 0 Å². The minimum absolute atomic E-state index is 0.0378. The molecule has 2 unspecified atom stereocenters. The molecule has 0 bridgehead atoms. The van der Waals surface area contributed by atoms with E-state index in [-0.39, 0.29) is 5.82 Å². The van der Waals surface area contributed by atoms with Crippen molar-refractivity contribution in [2.75, 3.05) is 0 Å². The predicted molar refractivity (Wildman–Crippen MR) is 48.2 cm³/mol. The van der Waals surface area contributed by atoms with Crippen LogP contribution in [0.25, 0.3) is 0 Å². The molecule has 1 heterocycles. The van der Waals surface area contributed by atoms with Crippen LogP contribution in [-0.2, 0) is 11.7 Å². The Morgan fingerprint density at radius 1 is 1.50 bits per heavy atom. The average molecular weight is 235 g/mol. The van der Waals surface area contributed by atoms with Crippen LogP contribution in [0.5, 0.6) is 0 Å². The zero-order chi connectivity index (χ0) is 12.0. The number of nitrogens with zero attached hydrogens (tertiary/aromatic N) is 2. The van der Waals surface area contributed by atoms with Gasteiger partial charge < -0.3 is 10.3 Å². The smallest absolute Gasteiger partial charge is 0.329 e. The van der Waals surface area contributed by atoms with Gasteiger partial charge in [0.1, 0.15) is 0 Å². The number of hydrogen-bond acceptors (Lipinski definition) is 4. The first kappa shape index (κ1) is 11.4. The molecule has 0 aromatic carbocycles. The Bertz CT molecular complexity index is 390. The van der Waals surface area contributed by atoms with Crippen molar-refractivity contribution in [1.29, 1.82) is 0 Å². The molecule has 2 atom stereocenters. The second kappa shape index (κ2) is 3.44. The fraction of sp³-hybridized carbons (Fsp3) is 0.778. The SMILES string of the molecule is CC1CCC(N)(c2noc(C(F)(F)F)n2)C1. The van der Waals surface area contributed by atoms with Gasteiger partial charge in [-0.25, -0.2) is 0 Å². The maximum Gasteiger partial charge on any atom is 0.471 e. The highest BCUT2D eigenvalue weighted by Crippen LogP contribution is 2.39. The predicted octanol–water partition coefficient (Wildman–Crippen LogP) is 2.06. The summed E-state index contributed by atoms with van der Waals surface area (Å²) in [4.78, 5) is 3.34. The molecule has 1 aromatic rings. The molecule has 16 heavy (non-hydrogen) atoms. The minimum atomic E-state index is -4.61. The second-order valence-electron chi connectivity index (χ2n) is 4.43. The number of halogens is 3. The Morgan fingerprint density at radius 3 is 2.62 bits per heavy atom. The normalized spacial score (nSPS) is 30.9. The molecule has 4 nitrogen and oxygen atoms in total. The number of nitrogens with two attached hydrogens (primary N) is 1.